The van der Waals surface area contributed by atoms with E-state index in [4.69, 9.17) is 0 Å². The fraction of sp³-hybridized carbons (Fsp3) is 0.286. The fourth-order valence-electron chi connectivity index (χ4n) is 1.92. The zero-order valence-corrected chi connectivity index (χ0v) is 12.3. The van der Waals surface area contributed by atoms with Crippen LogP contribution in [0.25, 0.3) is 0 Å². The molecule has 1 heterocycles. The van der Waals surface area contributed by atoms with E-state index in [0.29, 0.717) is 6.42 Å². The van der Waals surface area contributed by atoms with Gasteiger partial charge >= 0.3 is 0 Å². The molecule has 2 aromatic rings. The van der Waals surface area contributed by atoms with Crippen LogP contribution in [0.3, 0.4) is 0 Å². The Kier molecular flexibility index (Phi) is 4.02. The van der Waals surface area contributed by atoms with Crippen molar-refractivity contribution in [1.29, 1.82) is 0 Å². The fourth-order valence-corrected chi connectivity index (χ4v) is 2.83. The predicted octanol–water partition coefficient (Wildman–Crippen LogP) is 4.40. The summed E-state index contributed by atoms with van der Waals surface area (Å²) < 4.78 is 1.13. The van der Waals surface area contributed by atoms with Crippen LogP contribution in [0.4, 0.5) is 0 Å². The zero-order chi connectivity index (χ0) is 12.4. The maximum Gasteiger partial charge on any atom is 0.0830 e. The van der Waals surface area contributed by atoms with Crippen LogP contribution in [0.2, 0.25) is 0 Å². The van der Waals surface area contributed by atoms with Crippen LogP contribution >= 0.6 is 27.3 Å². The molecule has 0 saturated heterocycles. The summed E-state index contributed by atoms with van der Waals surface area (Å²) in [6, 6.07) is 6.16. The second-order valence-electron chi connectivity index (χ2n) is 4.32. The van der Waals surface area contributed by atoms with Gasteiger partial charge in [-0.25, -0.2) is 0 Å². The van der Waals surface area contributed by atoms with E-state index >= 15 is 0 Å². The van der Waals surface area contributed by atoms with Gasteiger partial charge in [0, 0.05) is 10.9 Å². The standard InChI is InChI=1S/C14H15BrOS/c1-9-5-12(6-10(2)14(9)15)13(16)7-11-3-4-17-8-11/h3-6,8,13,16H,7H2,1-2H3. The summed E-state index contributed by atoms with van der Waals surface area (Å²) in [7, 11) is 0. The maximum atomic E-state index is 10.2. The van der Waals surface area contributed by atoms with E-state index in [1.165, 1.54) is 16.7 Å². The summed E-state index contributed by atoms with van der Waals surface area (Å²) in [5.41, 5.74) is 4.53. The Morgan fingerprint density at radius 2 is 1.94 bits per heavy atom. The number of aryl methyl sites for hydroxylation is 2. The van der Waals surface area contributed by atoms with Gasteiger partial charge in [0.25, 0.3) is 0 Å². The number of aliphatic hydroxyl groups excluding tert-OH is 1. The van der Waals surface area contributed by atoms with Crippen molar-refractivity contribution in [2.75, 3.05) is 0 Å². The SMILES string of the molecule is Cc1cc(C(O)Cc2ccsc2)cc(C)c1Br. The number of thiophene rings is 1. The molecule has 0 aliphatic rings. The van der Waals surface area contributed by atoms with Crippen molar-refractivity contribution in [3.8, 4) is 0 Å². The predicted molar refractivity (Wildman–Crippen MR) is 76.6 cm³/mol. The van der Waals surface area contributed by atoms with Crippen molar-refractivity contribution in [3.63, 3.8) is 0 Å². The van der Waals surface area contributed by atoms with Crippen molar-refractivity contribution < 1.29 is 5.11 Å². The minimum absolute atomic E-state index is 0.421. The van der Waals surface area contributed by atoms with Gasteiger partial charge in [-0.3, -0.25) is 0 Å². The van der Waals surface area contributed by atoms with E-state index in [2.05, 4.69) is 41.2 Å². The maximum absolute atomic E-state index is 10.2. The van der Waals surface area contributed by atoms with E-state index < -0.39 is 6.10 Å². The van der Waals surface area contributed by atoms with Gasteiger partial charge in [0.1, 0.15) is 0 Å². The largest absolute Gasteiger partial charge is 0.388 e. The van der Waals surface area contributed by atoms with E-state index in [0.717, 1.165) is 10.0 Å². The molecule has 0 spiro atoms. The highest BCUT2D eigenvalue weighted by molar-refractivity contribution is 9.10. The molecule has 0 bridgehead atoms. The second-order valence-corrected chi connectivity index (χ2v) is 5.89. The molecule has 0 saturated carbocycles. The van der Waals surface area contributed by atoms with E-state index in [1.807, 2.05) is 17.5 Å². The molecule has 1 atom stereocenters. The Hall–Kier alpha value is -0.640. The van der Waals surface area contributed by atoms with Crippen molar-refractivity contribution in [2.24, 2.45) is 0 Å². The molecule has 1 nitrogen and oxygen atoms in total. The topological polar surface area (TPSA) is 20.2 Å². The molecule has 3 heteroatoms. The quantitative estimate of drug-likeness (QED) is 0.890. The number of aliphatic hydroxyl groups is 1. The van der Waals surface area contributed by atoms with Gasteiger partial charge in [-0.15, -0.1) is 0 Å². The van der Waals surface area contributed by atoms with Crippen LogP contribution in [-0.4, -0.2) is 5.11 Å². The molecule has 2 rings (SSSR count). The smallest absolute Gasteiger partial charge is 0.0830 e. The number of halogens is 1. The summed E-state index contributed by atoms with van der Waals surface area (Å²) in [4.78, 5) is 0. The Morgan fingerprint density at radius 3 is 2.47 bits per heavy atom. The number of hydrogen-bond donors (Lipinski definition) is 1. The normalized spacial score (nSPS) is 12.7. The summed E-state index contributed by atoms with van der Waals surface area (Å²) in [5, 5.41) is 14.3. The highest BCUT2D eigenvalue weighted by Crippen LogP contribution is 2.27. The molecule has 0 aliphatic heterocycles. The first-order valence-electron chi connectivity index (χ1n) is 5.53. The first kappa shape index (κ1) is 12.8. The van der Waals surface area contributed by atoms with Crippen molar-refractivity contribution in [3.05, 3.63) is 55.7 Å². The van der Waals surface area contributed by atoms with Crippen LogP contribution in [0.5, 0.6) is 0 Å². The molecular formula is C14H15BrOS. The average molecular weight is 311 g/mol. The van der Waals surface area contributed by atoms with Crippen molar-refractivity contribution in [2.45, 2.75) is 26.4 Å². The van der Waals surface area contributed by atoms with Gasteiger partial charge in [-0.1, -0.05) is 28.1 Å². The first-order chi connectivity index (χ1) is 8.08. The van der Waals surface area contributed by atoms with Crippen LogP contribution < -0.4 is 0 Å². The molecule has 0 aliphatic carbocycles. The molecule has 1 aromatic carbocycles. The summed E-state index contributed by atoms with van der Waals surface area (Å²) in [6.07, 6.45) is 0.263. The minimum atomic E-state index is -0.421. The van der Waals surface area contributed by atoms with Gasteiger partial charge in [-0.2, -0.15) is 11.3 Å². The molecule has 90 valence electrons. The zero-order valence-electron chi connectivity index (χ0n) is 9.90. The minimum Gasteiger partial charge on any atom is -0.388 e. The average Bonchev–Trinajstić information content (AvgIpc) is 2.77. The molecule has 0 radical (unpaired) electrons. The van der Waals surface area contributed by atoms with Crippen LogP contribution in [0.15, 0.2) is 33.4 Å². The van der Waals surface area contributed by atoms with Gasteiger partial charge in [0.05, 0.1) is 6.10 Å². The van der Waals surface area contributed by atoms with Crippen molar-refractivity contribution in [1.82, 2.24) is 0 Å². The van der Waals surface area contributed by atoms with E-state index in [1.54, 1.807) is 11.3 Å². The monoisotopic (exact) mass is 310 g/mol. The lowest BCUT2D eigenvalue weighted by molar-refractivity contribution is 0.178. The third-order valence-corrected chi connectivity index (χ3v) is 4.84. The molecule has 0 amide bonds. The van der Waals surface area contributed by atoms with Gasteiger partial charge < -0.3 is 5.11 Å². The van der Waals surface area contributed by atoms with E-state index in [9.17, 15) is 5.11 Å². The van der Waals surface area contributed by atoms with E-state index in [-0.39, 0.29) is 0 Å². The molecule has 17 heavy (non-hydrogen) atoms. The highest BCUT2D eigenvalue weighted by Gasteiger charge is 2.11. The second kappa shape index (κ2) is 5.34. The third kappa shape index (κ3) is 2.97. The van der Waals surface area contributed by atoms with Crippen LogP contribution in [0.1, 0.15) is 28.4 Å². The van der Waals surface area contributed by atoms with Gasteiger partial charge in [0.15, 0.2) is 0 Å². The molecule has 1 N–H and O–H groups in total. The van der Waals surface area contributed by atoms with Crippen LogP contribution in [0, 0.1) is 13.8 Å². The Morgan fingerprint density at radius 1 is 1.29 bits per heavy atom. The summed E-state index contributed by atoms with van der Waals surface area (Å²) in [5.74, 6) is 0. The van der Waals surface area contributed by atoms with Gasteiger partial charge in [0.2, 0.25) is 0 Å². The lowest BCUT2D eigenvalue weighted by Crippen LogP contribution is -2.02. The number of hydrogen-bond acceptors (Lipinski definition) is 2. The Bertz CT molecular complexity index is 482. The molecule has 1 aromatic heterocycles. The molecule has 1 unspecified atom stereocenters. The Labute approximate surface area is 114 Å². The van der Waals surface area contributed by atoms with Crippen LogP contribution in [-0.2, 0) is 6.42 Å². The van der Waals surface area contributed by atoms with Gasteiger partial charge in [-0.05, 0) is 52.9 Å². The number of rotatable bonds is 3. The lowest BCUT2D eigenvalue weighted by Gasteiger charge is -2.13. The lowest BCUT2D eigenvalue weighted by atomic mass is 9.99. The number of benzene rings is 1. The Balaban J connectivity index is 2.22. The van der Waals surface area contributed by atoms with Crippen molar-refractivity contribution >= 4 is 27.3 Å². The first-order valence-corrected chi connectivity index (χ1v) is 7.27. The molecule has 0 fully saturated rings. The molecular weight excluding hydrogens is 296 g/mol. The summed E-state index contributed by atoms with van der Waals surface area (Å²) >= 11 is 5.21. The third-order valence-electron chi connectivity index (χ3n) is 2.85. The summed E-state index contributed by atoms with van der Waals surface area (Å²) in [6.45, 7) is 4.11. The highest BCUT2D eigenvalue weighted by atomic mass is 79.9.